The fourth-order valence-corrected chi connectivity index (χ4v) is 138. The lowest BCUT2D eigenvalue weighted by atomic mass is 8.96. The van der Waals surface area contributed by atoms with Crippen molar-refractivity contribution in [2.45, 2.75) is 302 Å². The zero-order chi connectivity index (χ0) is 52.0. The normalized spacial score (nSPS) is 37.9. The third-order valence-corrected chi connectivity index (χ3v) is 185. The van der Waals surface area contributed by atoms with Crippen LogP contribution in [0.2, 0.25) is 302 Å². The Labute approximate surface area is 419 Å². The highest BCUT2D eigenvalue weighted by atomic mass is 29.3. The summed E-state index contributed by atoms with van der Waals surface area (Å²) in [5.74, 6) is 0. The van der Waals surface area contributed by atoms with Crippen LogP contribution in [0, 0.1) is 0 Å². The summed E-state index contributed by atoms with van der Waals surface area (Å²) in [5, 5.41) is 5.08. The van der Waals surface area contributed by atoms with E-state index >= 15 is 0 Å². The van der Waals surface area contributed by atoms with Gasteiger partial charge in [-0.3, -0.25) is 0 Å². The molecule has 0 bridgehead atoms. The van der Waals surface area contributed by atoms with Gasteiger partial charge in [-0.15, -0.1) is 0 Å². The van der Waals surface area contributed by atoms with Gasteiger partial charge in [-0.05, 0) is 40.3 Å². The van der Waals surface area contributed by atoms with Gasteiger partial charge in [-0.1, -0.05) is 262 Å². The molecule has 6 aliphatic carbocycles. The Morgan fingerprint density at radius 3 is 0.188 bits per heavy atom. The summed E-state index contributed by atoms with van der Waals surface area (Å²) in [4.78, 5) is 0. The predicted octanol–water partition coefficient (Wildman–Crippen LogP) is 19.0. The molecule has 0 unspecified atom stereocenters. The first-order valence-electron chi connectivity index (χ1n) is 27.0. The first-order chi connectivity index (χ1) is 27.0. The van der Waals surface area contributed by atoms with Crippen molar-refractivity contribution >= 4 is 121 Å². The molecule has 0 aromatic heterocycles. The maximum atomic E-state index is 3.31. The highest BCUT2D eigenvalue weighted by molar-refractivity contribution is 7.59. The second-order valence-corrected chi connectivity index (χ2v) is 171. The highest BCUT2D eigenvalue weighted by Gasteiger charge is 3.42. The topological polar surface area (TPSA) is 0 Å². The first kappa shape index (κ1) is 58.4. The van der Waals surface area contributed by atoms with Crippen molar-refractivity contribution in [2.75, 3.05) is 0 Å². The monoisotopic (exact) mass is 1140 g/mol. The molecule has 0 aromatic rings. The van der Waals surface area contributed by atoms with Crippen LogP contribution in [0.4, 0.5) is 0 Å². The molecule has 16 heteroatoms. The fraction of sp³-hybridized carbons (Fsp3) is 1.00. The van der Waals surface area contributed by atoms with Crippen molar-refractivity contribution < 1.29 is 0 Å². The summed E-state index contributed by atoms with van der Waals surface area (Å²) < 4.78 is 0. The van der Waals surface area contributed by atoms with E-state index < -0.39 is 121 Å². The van der Waals surface area contributed by atoms with Gasteiger partial charge < -0.3 is 0 Å². The Morgan fingerprint density at radius 2 is 0.156 bits per heavy atom. The van der Waals surface area contributed by atoms with Crippen LogP contribution >= 0.6 is 0 Å². The lowest BCUT2D eigenvalue weighted by Crippen LogP contribution is -3.31. The molecule has 0 radical (unpaired) electrons. The molecule has 0 N–H and O–H groups in total. The maximum Gasteiger partial charge on any atom is 0.0483 e. The van der Waals surface area contributed by atoms with E-state index in [2.05, 4.69) is 262 Å². The van der Waals surface area contributed by atoms with Crippen LogP contribution in [0.5, 0.6) is 0 Å². The smallest absolute Gasteiger partial charge is 0.0483 e. The minimum absolute atomic E-state index is 0.635. The molecule has 0 nitrogen and oxygen atoms in total. The standard InChI is InChI=1S/C48H120Si16/c1-49(2,3)57(25,26)41-42(58(27,28)50(4,5)6)45(61(33,34)53(13,14)15)43(41,59(29,30)51(7,8)9)47(63(37,38)55(19,20)21)44(41,60(31,32)52(10,11)12)46(42,62(35,36)54(16,17)18)48(45,47)64(39,40)56(22,23)24/h1-40H3. The molecular formula is C48H120Si16. The molecule has 0 atom stereocenters. The van der Waals surface area contributed by atoms with Gasteiger partial charge >= 0.3 is 0 Å². The minimum Gasteiger partial charge on any atom is -0.0715 e. The summed E-state index contributed by atoms with van der Waals surface area (Å²) in [6.45, 7) is 126. The Balaban J connectivity index is 2.63. The van der Waals surface area contributed by atoms with E-state index in [0.29, 0.717) is 40.3 Å². The van der Waals surface area contributed by atoms with E-state index in [9.17, 15) is 0 Å². The van der Waals surface area contributed by atoms with Crippen LogP contribution in [0.1, 0.15) is 0 Å². The second kappa shape index (κ2) is 13.1. The number of hydrogen-bond donors (Lipinski definition) is 0. The molecule has 0 saturated heterocycles. The van der Waals surface area contributed by atoms with Gasteiger partial charge in [-0.2, -0.15) is 0 Å². The average Bonchev–Trinajstić information content (AvgIpc) is 2.97. The molecule has 0 aromatic carbocycles. The molecule has 6 fully saturated rings. The van der Waals surface area contributed by atoms with Crippen molar-refractivity contribution in [3.63, 3.8) is 0 Å². The molecular weight excluding hydrogens is 1030 g/mol. The van der Waals surface area contributed by atoms with E-state index in [1.54, 1.807) is 0 Å². The summed E-state index contributed by atoms with van der Waals surface area (Å²) >= 11 is 0. The van der Waals surface area contributed by atoms with Crippen molar-refractivity contribution in [3.05, 3.63) is 0 Å². The van der Waals surface area contributed by atoms with Gasteiger partial charge in [0.05, 0.1) is 0 Å². The quantitative estimate of drug-likeness (QED) is 0.135. The van der Waals surface area contributed by atoms with Crippen molar-refractivity contribution in [2.24, 2.45) is 0 Å². The zero-order valence-corrected chi connectivity index (χ0v) is 68.0. The van der Waals surface area contributed by atoms with Gasteiger partial charge in [0.25, 0.3) is 0 Å². The first-order valence-corrected chi connectivity index (χ1v) is 87.0. The summed E-state index contributed by atoms with van der Waals surface area (Å²) in [7, 11) is -30.1. The van der Waals surface area contributed by atoms with E-state index in [-0.39, 0.29) is 0 Å². The molecule has 64 heavy (non-hydrogen) atoms. The fourth-order valence-electron chi connectivity index (χ4n) is 22.1. The largest absolute Gasteiger partial charge is 0.0715 e. The maximum absolute atomic E-state index is 3.31. The van der Waals surface area contributed by atoms with Gasteiger partial charge in [0.1, 0.15) is 0 Å². The van der Waals surface area contributed by atoms with Crippen LogP contribution in [0.25, 0.3) is 0 Å². The van der Waals surface area contributed by atoms with Crippen LogP contribution in [-0.2, 0) is 0 Å². The Morgan fingerprint density at radius 1 is 0.109 bits per heavy atom. The molecule has 376 valence electrons. The van der Waals surface area contributed by atoms with Crippen molar-refractivity contribution in [1.29, 1.82) is 0 Å². The highest BCUT2D eigenvalue weighted by Crippen LogP contribution is 3.57. The molecule has 6 rings (SSSR count). The van der Waals surface area contributed by atoms with Crippen LogP contribution in [-0.4, -0.2) is 121 Å². The molecule has 0 heterocycles. The van der Waals surface area contributed by atoms with E-state index in [1.807, 2.05) is 0 Å². The number of hydrogen-bond acceptors (Lipinski definition) is 0. The van der Waals surface area contributed by atoms with E-state index in [4.69, 9.17) is 0 Å². The SMILES string of the molecule is C[Si](C)(C)[Si](C)(C)C12C3([Si](C)(C)[Si](C)(C)C)C4([Si](C)(C)[Si](C)(C)C)C1([Si](C)(C)[Si](C)(C)C)C1([Si](C)(C)[Si](C)(C)C)C2([Si](C)(C)[Si](C)(C)C)C3([Si](C)(C)[Si](C)(C)C)C41[Si](C)(C)[Si](C)(C)C. The lowest BCUT2D eigenvalue weighted by Gasteiger charge is -3.42. The van der Waals surface area contributed by atoms with Crippen LogP contribution in [0.15, 0.2) is 0 Å². The zero-order valence-electron chi connectivity index (χ0n) is 52.0. The van der Waals surface area contributed by atoms with Gasteiger partial charge in [-0.25, -0.2) is 0 Å². The second-order valence-electron chi connectivity index (χ2n) is 37.0. The van der Waals surface area contributed by atoms with Crippen molar-refractivity contribution in [1.82, 2.24) is 0 Å². The molecule has 0 aliphatic heterocycles. The molecule has 0 amide bonds. The van der Waals surface area contributed by atoms with Gasteiger partial charge in [0.15, 0.2) is 0 Å². The van der Waals surface area contributed by atoms with Crippen LogP contribution < -0.4 is 0 Å². The Kier molecular flexibility index (Phi) is 11.9. The Hall–Kier alpha value is 3.47. The minimum atomic E-state index is -2.06. The third-order valence-electron chi connectivity index (χ3n) is 29.2. The summed E-state index contributed by atoms with van der Waals surface area (Å²) in [5.41, 5.74) is 0. The summed E-state index contributed by atoms with van der Waals surface area (Å²) in [6, 6.07) is 0. The third kappa shape index (κ3) is 4.17. The van der Waals surface area contributed by atoms with E-state index in [1.165, 1.54) is 0 Å². The average molecular weight is 1150 g/mol. The molecule has 0 spiro atoms. The molecule has 6 aliphatic rings. The van der Waals surface area contributed by atoms with E-state index in [0.717, 1.165) is 0 Å². The molecule has 6 saturated carbocycles. The van der Waals surface area contributed by atoms with Gasteiger partial charge in [0, 0.05) is 121 Å². The summed E-state index contributed by atoms with van der Waals surface area (Å²) in [6.07, 6.45) is 0. The van der Waals surface area contributed by atoms with Crippen molar-refractivity contribution in [3.8, 4) is 0 Å². The Bertz CT molecular complexity index is 1500. The van der Waals surface area contributed by atoms with Gasteiger partial charge in [0.2, 0.25) is 0 Å². The predicted molar refractivity (Wildman–Crippen MR) is 348 cm³/mol. The number of rotatable bonds is 16. The lowest BCUT2D eigenvalue weighted by molar-refractivity contribution is -0.489. The van der Waals surface area contributed by atoms with Crippen LogP contribution in [0.3, 0.4) is 0 Å².